The number of methoxy groups -OCH3 is 1. The van der Waals surface area contributed by atoms with Gasteiger partial charge in [0, 0.05) is 13.0 Å². The molecule has 100 valence electrons. The van der Waals surface area contributed by atoms with E-state index in [-0.39, 0.29) is 23.7 Å². The number of aliphatic hydroxyl groups excluding tert-OH is 1. The van der Waals surface area contributed by atoms with Gasteiger partial charge in [0.25, 0.3) is 0 Å². The molecule has 0 bridgehead atoms. The number of allylic oxidation sites excluding steroid dienone is 1. The van der Waals surface area contributed by atoms with E-state index in [2.05, 4.69) is 27.4 Å². The SMILES string of the molecule is C=C[C@@H](C)C[C@]1(C)O[C@@H]1[C@H](C)[C@@H](OC)[C@@H](C)O. The minimum atomic E-state index is -0.472. The van der Waals surface area contributed by atoms with Crippen molar-refractivity contribution in [2.24, 2.45) is 11.8 Å². The van der Waals surface area contributed by atoms with Crippen molar-refractivity contribution in [3.05, 3.63) is 12.7 Å². The third-order valence-electron chi connectivity index (χ3n) is 3.81. The first-order chi connectivity index (χ1) is 7.85. The Balaban J connectivity index is 2.56. The molecule has 1 saturated heterocycles. The highest BCUT2D eigenvalue weighted by atomic mass is 16.6. The van der Waals surface area contributed by atoms with Gasteiger partial charge in [-0.15, -0.1) is 6.58 Å². The number of hydrogen-bond acceptors (Lipinski definition) is 3. The minimum absolute atomic E-state index is 0.0846. The number of rotatable bonds is 7. The van der Waals surface area contributed by atoms with Crippen molar-refractivity contribution >= 4 is 0 Å². The molecular weight excluding hydrogens is 216 g/mol. The second-order valence-corrected chi connectivity index (χ2v) is 5.57. The Morgan fingerprint density at radius 3 is 2.47 bits per heavy atom. The van der Waals surface area contributed by atoms with E-state index in [4.69, 9.17) is 9.47 Å². The molecule has 0 aromatic carbocycles. The molecule has 1 N–H and O–H groups in total. The quantitative estimate of drug-likeness (QED) is 0.550. The van der Waals surface area contributed by atoms with Gasteiger partial charge in [-0.2, -0.15) is 0 Å². The summed E-state index contributed by atoms with van der Waals surface area (Å²) in [5.41, 5.74) is -0.0846. The summed E-state index contributed by atoms with van der Waals surface area (Å²) < 4.78 is 11.2. The first-order valence-electron chi connectivity index (χ1n) is 6.37. The van der Waals surface area contributed by atoms with E-state index < -0.39 is 6.10 Å². The van der Waals surface area contributed by atoms with Crippen molar-refractivity contribution in [1.82, 2.24) is 0 Å². The Hall–Kier alpha value is -0.380. The normalized spacial score (nSPS) is 34.8. The van der Waals surface area contributed by atoms with Crippen LogP contribution in [0.2, 0.25) is 0 Å². The summed E-state index contributed by atoms with van der Waals surface area (Å²) in [5, 5.41) is 9.66. The van der Waals surface area contributed by atoms with Crippen molar-refractivity contribution in [2.75, 3.05) is 7.11 Å². The molecule has 6 atom stereocenters. The maximum absolute atomic E-state index is 9.66. The third kappa shape index (κ3) is 3.30. The standard InChI is InChI=1S/C14H26O3/c1-7-9(2)8-14(5)13(17-14)10(3)12(16-6)11(4)15/h7,9-13,15H,1,8H2,2-6H3/t9-,10-,11-,12-,13-,14+/m1/s1. The zero-order chi connectivity index (χ0) is 13.2. The van der Waals surface area contributed by atoms with E-state index in [9.17, 15) is 5.11 Å². The lowest BCUT2D eigenvalue weighted by Gasteiger charge is -2.25. The van der Waals surface area contributed by atoms with E-state index in [0.29, 0.717) is 5.92 Å². The third-order valence-corrected chi connectivity index (χ3v) is 3.81. The molecule has 0 amide bonds. The predicted molar refractivity (Wildman–Crippen MR) is 68.9 cm³/mol. The van der Waals surface area contributed by atoms with E-state index >= 15 is 0 Å². The fourth-order valence-corrected chi connectivity index (χ4v) is 2.83. The highest BCUT2D eigenvalue weighted by molar-refractivity contribution is 5.05. The van der Waals surface area contributed by atoms with Crippen LogP contribution >= 0.6 is 0 Å². The van der Waals surface area contributed by atoms with Gasteiger partial charge >= 0.3 is 0 Å². The summed E-state index contributed by atoms with van der Waals surface area (Å²) in [6.45, 7) is 11.9. The van der Waals surface area contributed by atoms with Crippen LogP contribution in [-0.4, -0.2) is 36.1 Å². The molecule has 1 aliphatic rings. The van der Waals surface area contributed by atoms with Crippen LogP contribution in [0.3, 0.4) is 0 Å². The minimum Gasteiger partial charge on any atom is -0.391 e. The second-order valence-electron chi connectivity index (χ2n) is 5.57. The Morgan fingerprint density at radius 2 is 2.06 bits per heavy atom. The average Bonchev–Trinajstić information content (AvgIpc) is 2.90. The fraction of sp³-hybridized carbons (Fsp3) is 0.857. The monoisotopic (exact) mass is 242 g/mol. The smallest absolute Gasteiger partial charge is 0.0929 e. The van der Waals surface area contributed by atoms with E-state index in [0.717, 1.165) is 6.42 Å². The van der Waals surface area contributed by atoms with Crippen LogP contribution in [0.4, 0.5) is 0 Å². The van der Waals surface area contributed by atoms with Gasteiger partial charge in [0.15, 0.2) is 0 Å². The number of ether oxygens (including phenoxy) is 2. The van der Waals surface area contributed by atoms with Crippen LogP contribution in [0.5, 0.6) is 0 Å². The van der Waals surface area contributed by atoms with Crippen molar-refractivity contribution in [2.45, 2.75) is 58.0 Å². The zero-order valence-electron chi connectivity index (χ0n) is 11.6. The van der Waals surface area contributed by atoms with Gasteiger partial charge in [-0.1, -0.05) is 19.9 Å². The molecule has 0 aromatic rings. The van der Waals surface area contributed by atoms with Crippen molar-refractivity contribution in [3.8, 4) is 0 Å². The van der Waals surface area contributed by atoms with E-state index in [1.165, 1.54) is 0 Å². The Labute approximate surface area is 105 Å². The van der Waals surface area contributed by atoms with Gasteiger partial charge in [0.05, 0.1) is 23.9 Å². The lowest BCUT2D eigenvalue weighted by atomic mass is 9.86. The Bertz CT molecular complexity index is 264. The lowest BCUT2D eigenvalue weighted by molar-refractivity contribution is -0.0391. The largest absolute Gasteiger partial charge is 0.391 e. The van der Waals surface area contributed by atoms with Crippen LogP contribution < -0.4 is 0 Å². The Morgan fingerprint density at radius 1 is 1.47 bits per heavy atom. The number of epoxide rings is 1. The summed E-state index contributed by atoms with van der Waals surface area (Å²) in [7, 11) is 1.64. The molecule has 3 heteroatoms. The molecule has 0 spiro atoms. The number of hydrogen-bond donors (Lipinski definition) is 1. The van der Waals surface area contributed by atoms with Crippen molar-refractivity contribution in [1.29, 1.82) is 0 Å². The van der Waals surface area contributed by atoms with Crippen LogP contribution in [0.15, 0.2) is 12.7 Å². The number of aliphatic hydroxyl groups is 1. The van der Waals surface area contributed by atoms with Crippen LogP contribution in [0.1, 0.15) is 34.1 Å². The summed E-state index contributed by atoms with van der Waals surface area (Å²) in [6, 6.07) is 0. The molecule has 1 fully saturated rings. The maximum Gasteiger partial charge on any atom is 0.0929 e. The van der Waals surface area contributed by atoms with E-state index in [1.807, 2.05) is 6.08 Å². The van der Waals surface area contributed by atoms with Gasteiger partial charge < -0.3 is 14.6 Å². The first kappa shape index (κ1) is 14.7. The molecule has 17 heavy (non-hydrogen) atoms. The summed E-state index contributed by atoms with van der Waals surface area (Å²) >= 11 is 0. The highest BCUT2D eigenvalue weighted by Gasteiger charge is 2.56. The fourth-order valence-electron chi connectivity index (χ4n) is 2.83. The molecule has 0 saturated carbocycles. The maximum atomic E-state index is 9.66. The van der Waals surface area contributed by atoms with Gasteiger partial charge in [-0.25, -0.2) is 0 Å². The first-order valence-corrected chi connectivity index (χ1v) is 6.37. The van der Waals surface area contributed by atoms with Gasteiger partial charge in [0.2, 0.25) is 0 Å². The van der Waals surface area contributed by atoms with Gasteiger partial charge in [-0.3, -0.25) is 0 Å². The second kappa shape index (κ2) is 5.51. The van der Waals surface area contributed by atoms with Gasteiger partial charge in [0.1, 0.15) is 0 Å². The zero-order valence-corrected chi connectivity index (χ0v) is 11.6. The predicted octanol–water partition coefficient (Wildman–Crippen LogP) is 2.39. The van der Waals surface area contributed by atoms with Crippen molar-refractivity contribution in [3.63, 3.8) is 0 Å². The lowest BCUT2D eigenvalue weighted by Crippen LogP contribution is -2.36. The highest BCUT2D eigenvalue weighted by Crippen LogP contribution is 2.47. The molecule has 0 unspecified atom stereocenters. The molecule has 1 heterocycles. The summed E-state index contributed by atoms with van der Waals surface area (Å²) in [6.07, 6.45) is 2.46. The Kier molecular flexibility index (Phi) is 4.76. The molecular formula is C14H26O3. The van der Waals surface area contributed by atoms with Crippen LogP contribution in [0.25, 0.3) is 0 Å². The average molecular weight is 242 g/mol. The summed E-state index contributed by atoms with van der Waals surface area (Å²) in [4.78, 5) is 0. The van der Waals surface area contributed by atoms with Crippen LogP contribution in [0, 0.1) is 11.8 Å². The van der Waals surface area contributed by atoms with Gasteiger partial charge in [-0.05, 0) is 26.2 Å². The van der Waals surface area contributed by atoms with E-state index in [1.54, 1.807) is 14.0 Å². The van der Waals surface area contributed by atoms with Crippen LogP contribution in [-0.2, 0) is 9.47 Å². The van der Waals surface area contributed by atoms with Crippen molar-refractivity contribution < 1.29 is 14.6 Å². The molecule has 3 nitrogen and oxygen atoms in total. The molecule has 1 aliphatic heterocycles. The topological polar surface area (TPSA) is 42.0 Å². The molecule has 0 aromatic heterocycles. The molecule has 0 aliphatic carbocycles. The summed E-state index contributed by atoms with van der Waals surface area (Å²) in [5.74, 6) is 0.645. The molecule has 0 radical (unpaired) electrons. The molecule has 1 rings (SSSR count).